The molecule has 0 radical (unpaired) electrons. The van der Waals surface area contributed by atoms with E-state index in [9.17, 15) is 5.11 Å². The molecule has 0 aromatic carbocycles. The molecule has 1 unspecified atom stereocenters. The summed E-state index contributed by atoms with van der Waals surface area (Å²) in [5.41, 5.74) is 0.977. The molecule has 1 aromatic rings. The monoisotopic (exact) mass is 267 g/mol. The summed E-state index contributed by atoms with van der Waals surface area (Å²) in [4.78, 5) is 8.26. The Morgan fingerprint density at radius 1 is 1.37 bits per heavy atom. The first kappa shape index (κ1) is 15.7. The number of hydrogen-bond donors (Lipinski definition) is 2. The van der Waals surface area contributed by atoms with Crippen molar-refractivity contribution in [3.63, 3.8) is 0 Å². The van der Waals surface area contributed by atoms with E-state index in [1.165, 1.54) is 6.33 Å². The number of aromatic nitrogens is 2. The van der Waals surface area contributed by atoms with E-state index < -0.39 is 6.10 Å². The quantitative estimate of drug-likeness (QED) is 0.828. The predicted octanol–water partition coefficient (Wildman–Crippen LogP) is 2.39. The van der Waals surface area contributed by atoms with E-state index in [1.807, 2.05) is 13.8 Å². The highest BCUT2D eigenvalue weighted by Crippen LogP contribution is 2.23. The molecule has 1 rings (SSSR count). The summed E-state index contributed by atoms with van der Waals surface area (Å²) in [5, 5.41) is 13.1. The van der Waals surface area contributed by atoms with Crippen molar-refractivity contribution in [3.05, 3.63) is 11.9 Å². The minimum atomic E-state index is -0.398. The Hall–Kier alpha value is -1.36. The molecule has 0 aliphatic heterocycles. The van der Waals surface area contributed by atoms with Gasteiger partial charge >= 0.3 is 0 Å². The van der Waals surface area contributed by atoms with Crippen molar-refractivity contribution in [2.45, 2.75) is 47.1 Å². The SMILES string of the molecule is CCOc1ncnc(NCC(O)CC(C)(C)C)c1C. The largest absolute Gasteiger partial charge is 0.478 e. The second kappa shape index (κ2) is 6.70. The van der Waals surface area contributed by atoms with Crippen LogP contribution < -0.4 is 10.1 Å². The molecule has 0 aliphatic carbocycles. The fourth-order valence-corrected chi connectivity index (χ4v) is 1.89. The van der Waals surface area contributed by atoms with Gasteiger partial charge in [0.2, 0.25) is 5.88 Å². The highest BCUT2D eigenvalue weighted by atomic mass is 16.5. The number of aliphatic hydroxyl groups excluding tert-OH is 1. The molecule has 0 saturated carbocycles. The first-order chi connectivity index (χ1) is 8.83. The zero-order chi connectivity index (χ0) is 14.5. The Labute approximate surface area is 115 Å². The number of anilines is 1. The number of aliphatic hydroxyl groups is 1. The maximum absolute atomic E-state index is 9.97. The number of nitrogens with zero attached hydrogens (tertiary/aromatic N) is 2. The van der Waals surface area contributed by atoms with Crippen LogP contribution in [0.5, 0.6) is 5.88 Å². The fourth-order valence-electron chi connectivity index (χ4n) is 1.89. The van der Waals surface area contributed by atoms with Crippen LogP contribution in [0.15, 0.2) is 6.33 Å². The smallest absolute Gasteiger partial charge is 0.221 e. The standard InChI is InChI=1S/C14H25N3O2/c1-6-19-13-10(2)12(16-9-17-13)15-8-11(18)7-14(3,4)5/h9,11,18H,6-8H2,1-5H3,(H,15,16,17). The molecule has 0 amide bonds. The molecule has 0 fully saturated rings. The van der Waals surface area contributed by atoms with Crippen molar-refractivity contribution in [2.24, 2.45) is 5.41 Å². The van der Waals surface area contributed by atoms with Gasteiger partial charge in [-0.1, -0.05) is 20.8 Å². The molecule has 1 atom stereocenters. The number of rotatable bonds is 6. The first-order valence-electron chi connectivity index (χ1n) is 6.70. The van der Waals surface area contributed by atoms with Crippen LogP contribution in [0.3, 0.4) is 0 Å². The lowest BCUT2D eigenvalue weighted by atomic mass is 9.89. The van der Waals surface area contributed by atoms with Gasteiger partial charge in [-0.2, -0.15) is 0 Å². The van der Waals surface area contributed by atoms with Gasteiger partial charge in [-0.3, -0.25) is 0 Å². The van der Waals surface area contributed by atoms with E-state index in [4.69, 9.17) is 4.74 Å². The maximum Gasteiger partial charge on any atom is 0.221 e. The summed E-state index contributed by atoms with van der Waals surface area (Å²) in [6, 6.07) is 0. The molecule has 1 aromatic heterocycles. The van der Waals surface area contributed by atoms with Gasteiger partial charge in [-0.15, -0.1) is 0 Å². The number of ether oxygens (including phenoxy) is 1. The van der Waals surface area contributed by atoms with Crippen molar-refractivity contribution >= 4 is 5.82 Å². The van der Waals surface area contributed by atoms with Gasteiger partial charge in [0.05, 0.1) is 18.3 Å². The molecule has 108 valence electrons. The summed E-state index contributed by atoms with van der Waals surface area (Å²) in [7, 11) is 0. The second-order valence-electron chi connectivity index (χ2n) is 5.88. The molecule has 2 N–H and O–H groups in total. The summed E-state index contributed by atoms with van der Waals surface area (Å²) in [6.45, 7) is 11.2. The third-order valence-corrected chi connectivity index (χ3v) is 2.67. The summed E-state index contributed by atoms with van der Waals surface area (Å²) in [5.74, 6) is 1.30. The molecule has 0 aliphatic rings. The van der Waals surface area contributed by atoms with E-state index in [0.717, 1.165) is 12.0 Å². The molecular formula is C14H25N3O2. The van der Waals surface area contributed by atoms with Crippen LogP contribution in [0.2, 0.25) is 0 Å². The fraction of sp³-hybridized carbons (Fsp3) is 0.714. The van der Waals surface area contributed by atoms with Crippen LogP contribution in [-0.2, 0) is 0 Å². The summed E-state index contributed by atoms with van der Waals surface area (Å²) in [6.07, 6.45) is 1.81. The summed E-state index contributed by atoms with van der Waals surface area (Å²) >= 11 is 0. The van der Waals surface area contributed by atoms with E-state index in [2.05, 4.69) is 36.1 Å². The Morgan fingerprint density at radius 2 is 2.05 bits per heavy atom. The molecule has 5 heteroatoms. The van der Waals surface area contributed by atoms with E-state index in [1.54, 1.807) is 0 Å². The van der Waals surface area contributed by atoms with Crippen LogP contribution in [0.25, 0.3) is 0 Å². The lowest BCUT2D eigenvalue weighted by Crippen LogP contribution is -2.25. The van der Waals surface area contributed by atoms with E-state index >= 15 is 0 Å². The molecule has 5 nitrogen and oxygen atoms in total. The Morgan fingerprint density at radius 3 is 2.63 bits per heavy atom. The molecule has 0 bridgehead atoms. The van der Waals surface area contributed by atoms with Crippen molar-refractivity contribution in [3.8, 4) is 5.88 Å². The molecule has 0 spiro atoms. The lowest BCUT2D eigenvalue weighted by molar-refractivity contribution is 0.132. The normalized spacial score (nSPS) is 13.2. The first-order valence-corrected chi connectivity index (χ1v) is 6.70. The van der Waals surface area contributed by atoms with Gasteiger partial charge in [0.25, 0.3) is 0 Å². The predicted molar refractivity (Wildman–Crippen MR) is 76.5 cm³/mol. The third-order valence-electron chi connectivity index (χ3n) is 2.67. The highest BCUT2D eigenvalue weighted by Gasteiger charge is 2.17. The molecular weight excluding hydrogens is 242 g/mol. The zero-order valence-corrected chi connectivity index (χ0v) is 12.5. The van der Waals surface area contributed by atoms with E-state index in [-0.39, 0.29) is 5.41 Å². The Balaban J connectivity index is 2.60. The van der Waals surface area contributed by atoms with Gasteiger partial charge in [0.1, 0.15) is 12.1 Å². The van der Waals surface area contributed by atoms with Crippen LogP contribution in [0.4, 0.5) is 5.82 Å². The topological polar surface area (TPSA) is 67.3 Å². The van der Waals surface area contributed by atoms with Crippen molar-refractivity contribution in [1.82, 2.24) is 9.97 Å². The molecule has 19 heavy (non-hydrogen) atoms. The molecule has 0 saturated heterocycles. The van der Waals surface area contributed by atoms with Gasteiger partial charge in [0.15, 0.2) is 0 Å². The number of hydrogen-bond acceptors (Lipinski definition) is 5. The van der Waals surface area contributed by atoms with E-state index in [0.29, 0.717) is 24.8 Å². The number of nitrogens with one attached hydrogen (secondary N) is 1. The van der Waals surface area contributed by atoms with Gasteiger partial charge in [-0.25, -0.2) is 9.97 Å². The van der Waals surface area contributed by atoms with Gasteiger partial charge in [0, 0.05) is 6.54 Å². The minimum absolute atomic E-state index is 0.109. The Kier molecular flexibility index (Phi) is 5.54. The van der Waals surface area contributed by atoms with Crippen LogP contribution >= 0.6 is 0 Å². The summed E-state index contributed by atoms with van der Waals surface area (Å²) < 4.78 is 5.41. The average molecular weight is 267 g/mol. The van der Waals surface area contributed by atoms with Crippen LogP contribution in [0, 0.1) is 12.3 Å². The second-order valence-corrected chi connectivity index (χ2v) is 5.88. The van der Waals surface area contributed by atoms with Crippen molar-refractivity contribution in [1.29, 1.82) is 0 Å². The van der Waals surface area contributed by atoms with Crippen molar-refractivity contribution < 1.29 is 9.84 Å². The zero-order valence-electron chi connectivity index (χ0n) is 12.5. The minimum Gasteiger partial charge on any atom is -0.478 e. The van der Waals surface area contributed by atoms with Gasteiger partial charge in [-0.05, 0) is 25.7 Å². The third kappa shape index (κ3) is 5.42. The molecule has 1 heterocycles. The van der Waals surface area contributed by atoms with Crippen LogP contribution in [-0.4, -0.2) is 34.3 Å². The lowest BCUT2D eigenvalue weighted by Gasteiger charge is -2.23. The van der Waals surface area contributed by atoms with Gasteiger partial charge < -0.3 is 15.2 Å². The van der Waals surface area contributed by atoms with Crippen molar-refractivity contribution in [2.75, 3.05) is 18.5 Å². The maximum atomic E-state index is 9.97. The van der Waals surface area contributed by atoms with Crippen LogP contribution in [0.1, 0.15) is 39.7 Å². The Bertz CT molecular complexity index is 402. The average Bonchev–Trinajstić information content (AvgIpc) is 2.28. The highest BCUT2D eigenvalue weighted by molar-refractivity contribution is 5.47.